The Morgan fingerprint density at radius 2 is 2.07 bits per heavy atom. The van der Waals surface area contributed by atoms with Crippen LogP contribution in [0.4, 0.5) is 0 Å². The number of rotatable bonds is 5. The molecule has 5 rings (SSSR count). The quantitative estimate of drug-likeness (QED) is 0.505. The fraction of sp³-hybridized carbons (Fsp3) is 0.560. The van der Waals surface area contributed by atoms with Gasteiger partial charge in [0.05, 0.1) is 11.6 Å². The van der Waals surface area contributed by atoms with Gasteiger partial charge in [-0.15, -0.1) is 6.58 Å². The van der Waals surface area contributed by atoms with E-state index < -0.39 is 14.4 Å². The van der Waals surface area contributed by atoms with Crippen LogP contribution in [0.2, 0.25) is 18.1 Å². The third-order valence-corrected chi connectivity index (χ3v) is 12.1. The largest absolute Gasteiger partial charge is 0.543 e. The second-order valence-corrected chi connectivity index (χ2v) is 15.4. The molecule has 0 aliphatic carbocycles. The van der Waals surface area contributed by atoms with Gasteiger partial charge in [0.25, 0.3) is 0 Å². The molecule has 0 amide bonds. The van der Waals surface area contributed by atoms with E-state index in [0.29, 0.717) is 11.8 Å². The SMILES string of the molecule is C=CC1CN2CCC1C[C@@H]2[C@H](O)c1ccnc2ccc(O[Si](C)(C)C(C)(C)C)cc12. The van der Waals surface area contributed by atoms with Crippen molar-refractivity contribution in [2.24, 2.45) is 11.8 Å². The molecule has 3 saturated heterocycles. The molecule has 3 aliphatic rings. The third-order valence-electron chi connectivity index (χ3n) is 7.76. The van der Waals surface area contributed by atoms with Crippen LogP contribution in [0, 0.1) is 11.8 Å². The van der Waals surface area contributed by atoms with Gasteiger partial charge >= 0.3 is 0 Å². The molecule has 0 saturated carbocycles. The summed E-state index contributed by atoms with van der Waals surface area (Å²) in [6.07, 6.45) is 5.64. The van der Waals surface area contributed by atoms with Crippen molar-refractivity contribution in [3.8, 4) is 5.75 Å². The summed E-state index contributed by atoms with van der Waals surface area (Å²) in [6.45, 7) is 17.4. The first-order chi connectivity index (χ1) is 14.1. The second kappa shape index (κ2) is 7.77. The van der Waals surface area contributed by atoms with Gasteiger partial charge in [-0.05, 0) is 79.2 Å². The maximum atomic E-state index is 11.4. The molecule has 3 fully saturated rings. The topological polar surface area (TPSA) is 45.6 Å². The molecular weight excluding hydrogens is 388 g/mol. The Kier molecular flexibility index (Phi) is 5.58. The van der Waals surface area contributed by atoms with Crippen molar-refractivity contribution in [1.29, 1.82) is 0 Å². The van der Waals surface area contributed by atoms with Crippen molar-refractivity contribution in [3.05, 3.63) is 48.7 Å². The minimum Gasteiger partial charge on any atom is -0.543 e. The summed E-state index contributed by atoms with van der Waals surface area (Å²) in [5, 5.41) is 12.6. The van der Waals surface area contributed by atoms with E-state index in [-0.39, 0.29) is 11.1 Å². The van der Waals surface area contributed by atoms with Crippen LogP contribution >= 0.6 is 0 Å². The smallest absolute Gasteiger partial charge is 0.250 e. The van der Waals surface area contributed by atoms with Gasteiger partial charge in [0.15, 0.2) is 0 Å². The fourth-order valence-corrected chi connectivity index (χ4v) is 5.85. The Morgan fingerprint density at radius 1 is 1.30 bits per heavy atom. The highest BCUT2D eigenvalue weighted by Gasteiger charge is 2.42. The van der Waals surface area contributed by atoms with Gasteiger partial charge in [-0.2, -0.15) is 0 Å². The lowest BCUT2D eigenvalue weighted by molar-refractivity contribution is -0.0444. The normalized spacial score (nSPS) is 27.8. The molecule has 1 N–H and O–H groups in total. The van der Waals surface area contributed by atoms with Crippen molar-refractivity contribution in [2.45, 2.75) is 63.9 Å². The monoisotopic (exact) mass is 424 g/mol. The van der Waals surface area contributed by atoms with E-state index in [4.69, 9.17) is 4.43 Å². The van der Waals surface area contributed by atoms with E-state index in [1.165, 1.54) is 6.42 Å². The molecule has 3 aliphatic heterocycles. The minimum atomic E-state index is -1.93. The predicted molar refractivity (Wildman–Crippen MR) is 126 cm³/mol. The summed E-state index contributed by atoms with van der Waals surface area (Å²) < 4.78 is 6.54. The fourth-order valence-electron chi connectivity index (χ4n) is 4.83. The van der Waals surface area contributed by atoms with Crippen LogP contribution in [0.5, 0.6) is 5.75 Å². The average Bonchev–Trinajstić information content (AvgIpc) is 2.71. The maximum Gasteiger partial charge on any atom is 0.250 e. The lowest BCUT2D eigenvalue weighted by Crippen LogP contribution is -2.54. The zero-order valence-corrected chi connectivity index (χ0v) is 20.1. The maximum absolute atomic E-state index is 11.4. The molecule has 4 heterocycles. The molecule has 0 radical (unpaired) electrons. The van der Waals surface area contributed by atoms with Crippen LogP contribution < -0.4 is 4.43 Å². The highest BCUT2D eigenvalue weighted by Crippen LogP contribution is 2.43. The van der Waals surface area contributed by atoms with Crippen molar-refractivity contribution in [1.82, 2.24) is 9.88 Å². The summed E-state index contributed by atoms with van der Waals surface area (Å²) in [6, 6.07) is 8.28. The summed E-state index contributed by atoms with van der Waals surface area (Å²) in [5.41, 5.74) is 1.88. The standard InChI is InChI=1S/C25H36N2O2Si/c1-7-17-16-27-13-11-18(17)14-23(27)24(28)20-10-12-26-22-9-8-19(15-21(20)22)29-30(5,6)25(2,3)4/h7-10,12,15,17-18,23-24,28H,1,11,13-14,16H2,2-6H3/t17?,18?,23-,24-/m1/s1. The summed E-state index contributed by atoms with van der Waals surface area (Å²) in [4.78, 5) is 7.00. The number of benzene rings is 1. The molecule has 162 valence electrons. The Balaban J connectivity index is 1.65. The van der Waals surface area contributed by atoms with Gasteiger partial charge < -0.3 is 9.53 Å². The van der Waals surface area contributed by atoms with Crippen LogP contribution in [0.15, 0.2) is 43.1 Å². The Labute approximate surface area is 182 Å². The number of hydrogen-bond acceptors (Lipinski definition) is 4. The molecular formula is C25H36N2O2Si. The lowest BCUT2D eigenvalue weighted by Gasteiger charge is -2.50. The summed E-state index contributed by atoms with van der Waals surface area (Å²) in [5.74, 6) is 2.08. The highest BCUT2D eigenvalue weighted by atomic mass is 28.4. The minimum absolute atomic E-state index is 0.134. The van der Waals surface area contributed by atoms with Crippen LogP contribution in [-0.4, -0.2) is 42.4 Å². The van der Waals surface area contributed by atoms with Crippen LogP contribution in [0.1, 0.15) is 45.3 Å². The van der Waals surface area contributed by atoms with Gasteiger partial charge in [0, 0.05) is 24.2 Å². The first kappa shape index (κ1) is 21.5. The van der Waals surface area contributed by atoms with Crippen LogP contribution in [0.3, 0.4) is 0 Å². The first-order valence-corrected chi connectivity index (χ1v) is 14.1. The number of nitrogens with zero attached hydrogens (tertiary/aromatic N) is 2. The highest BCUT2D eigenvalue weighted by molar-refractivity contribution is 6.74. The number of piperidine rings is 3. The predicted octanol–water partition coefficient (Wildman–Crippen LogP) is 5.55. The molecule has 30 heavy (non-hydrogen) atoms. The van der Waals surface area contributed by atoms with Crippen LogP contribution in [-0.2, 0) is 0 Å². The molecule has 4 nitrogen and oxygen atoms in total. The molecule has 5 atom stereocenters. The van der Waals surface area contributed by atoms with Crippen LogP contribution in [0.25, 0.3) is 10.9 Å². The van der Waals surface area contributed by atoms with Crippen molar-refractivity contribution in [2.75, 3.05) is 13.1 Å². The number of aliphatic hydroxyl groups excluding tert-OH is 1. The van der Waals surface area contributed by atoms with Gasteiger partial charge in [-0.3, -0.25) is 9.88 Å². The number of hydrogen-bond donors (Lipinski definition) is 1. The van der Waals surface area contributed by atoms with Gasteiger partial charge in [-0.1, -0.05) is 26.8 Å². The summed E-state index contributed by atoms with van der Waals surface area (Å²) in [7, 11) is -1.93. The molecule has 2 bridgehead atoms. The Hall–Kier alpha value is -1.69. The molecule has 1 aromatic carbocycles. The Morgan fingerprint density at radius 3 is 2.70 bits per heavy atom. The molecule has 1 aromatic heterocycles. The summed E-state index contributed by atoms with van der Waals surface area (Å²) >= 11 is 0. The van der Waals surface area contributed by atoms with Crippen molar-refractivity contribution in [3.63, 3.8) is 0 Å². The molecule has 3 unspecified atom stereocenters. The molecule has 0 spiro atoms. The van der Waals surface area contributed by atoms with E-state index in [0.717, 1.165) is 41.7 Å². The number of fused-ring (bicyclic) bond motifs is 4. The van der Waals surface area contributed by atoms with Gasteiger partial charge in [-0.25, -0.2) is 0 Å². The third kappa shape index (κ3) is 3.83. The van der Waals surface area contributed by atoms with E-state index in [1.54, 1.807) is 0 Å². The lowest BCUT2D eigenvalue weighted by atomic mass is 9.73. The van der Waals surface area contributed by atoms with Gasteiger partial charge in [0.2, 0.25) is 8.32 Å². The van der Waals surface area contributed by atoms with Crippen molar-refractivity contribution >= 4 is 19.2 Å². The van der Waals surface area contributed by atoms with E-state index in [1.807, 2.05) is 24.4 Å². The Bertz CT molecular complexity index is 936. The zero-order valence-electron chi connectivity index (χ0n) is 19.1. The number of aromatic nitrogens is 1. The van der Waals surface area contributed by atoms with Gasteiger partial charge in [0.1, 0.15) is 5.75 Å². The molecule has 5 heteroatoms. The average molecular weight is 425 g/mol. The zero-order chi connectivity index (χ0) is 21.7. The second-order valence-electron chi connectivity index (χ2n) is 10.6. The first-order valence-electron chi connectivity index (χ1n) is 11.2. The number of pyridine rings is 1. The van der Waals surface area contributed by atoms with E-state index >= 15 is 0 Å². The van der Waals surface area contributed by atoms with E-state index in [9.17, 15) is 5.11 Å². The molecule has 2 aromatic rings. The van der Waals surface area contributed by atoms with Crippen molar-refractivity contribution < 1.29 is 9.53 Å². The van der Waals surface area contributed by atoms with E-state index in [2.05, 4.69) is 62.5 Å². The number of aliphatic hydroxyl groups is 1.